The van der Waals surface area contributed by atoms with Gasteiger partial charge in [0.05, 0.1) is 40.0 Å². The van der Waals surface area contributed by atoms with Gasteiger partial charge in [-0.25, -0.2) is 0 Å². The molecule has 46 heavy (non-hydrogen) atoms. The van der Waals surface area contributed by atoms with Crippen LogP contribution in [0.15, 0.2) is 126 Å². The molecular weight excluding hydrogens is 562 g/mol. The summed E-state index contributed by atoms with van der Waals surface area (Å²) in [7, 11) is 0. The average molecular weight is 592 g/mol. The minimum absolute atomic E-state index is 0.238. The van der Waals surface area contributed by atoms with E-state index in [2.05, 4.69) is 92.6 Å². The maximum atomic E-state index is 10.4. The molecule has 5 aromatic carbocycles. The van der Waals surface area contributed by atoms with Crippen LogP contribution in [-0.2, 0) is 5.41 Å². The molecule has 8 rings (SSSR count). The van der Waals surface area contributed by atoms with Crippen molar-refractivity contribution in [3.05, 3.63) is 144 Å². The van der Waals surface area contributed by atoms with Crippen molar-refractivity contribution < 1.29 is 4.42 Å². The van der Waals surface area contributed by atoms with Crippen molar-refractivity contribution in [2.75, 3.05) is 0 Å². The van der Waals surface area contributed by atoms with Crippen LogP contribution >= 0.6 is 0 Å². The van der Waals surface area contributed by atoms with E-state index < -0.39 is 0 Å². The van der Waals surface area contributed by atoms with Gasteiger partial charge in [0.25, 0.3) is 0 Å². The van der Waals surface area contributed by atoms with Crippen molar-refractivity contribution in [1.82, 2.24) is 4.57 Å². The zero-order chi connectivity index (χ0) is 31.7. The zero-order valence-corrected chi connectivity index (χ0v) is 25.8. The number of fused-ring (bicyclic) bond motifs is 8. The van der Waals surface area contributed by atoms with Crippen molar-refractivity contribution in [2.45, 2.75) is 26.2 Å². The minimum Gasteiger partial charge on any atom is -0.456 e. The molecule has 0 spiro atoms. The highest BCUT2D eigenvalue weighted by atomic mass is 16.3. The van der Waals surface area contributed by atoms with Crippen LogP contribution in [0.3, 0.4) is 0 Å². The lowest BCUT2D eigenvalue weighted by molar-refractivity contribution is 0.616. The van der Waals surface area contributed by atoms with Crippen molar-refractivity contribution in [2.24, 2.45) is 0 Å². The largest absolute Gasteiger partial charge is 0.456 e. The molecule has 7 aromatic rings. The zero-order valence-electron chi connectivity index (χ0n) is 25.8. The molecule has 0 aliphatic heterocycles. The standard InChI is InChI=1S/C42H29N3O/c1-5-6-12-34-25(2)29-17-18-31-33-22-27(16-20-38(33)46-41(31)40(29)42(34,3)4)39-28(24-44)10-9-14-37(39)45-35-13-8-7-11-30(35)32-21-26(23-43)15-19-36(32)45/h5-22H,1H2,2-4H3/b12-6-. The summed E-state index contributed by atoms with van der Waals surface area (Å²) in [4.78, 5) is 0. The SMILES string of the molecule is C=C/C=C\C1=C(C)c2ccc3c(oc4ccc(-c5c(C#N)cccc5-n5c6ccccc6c6cc(C#N)ccc65)cc43)c2C1(C)C. The second kappa shape index (κ2) is 9.96. The molecule has 0 radical (unpaired) electrons. The van der Waals surface area contributed by atoms with Crippen molar-refractivity contribution in [3.63, 3.8) is 0 Å². The van der Waals surface area contributed by atoms with Crippen LogP contribution in [0.25, 0.3) is 66.1 Å². The number of nitriles is 2. The van der Waals surface area contributed by atoms with E-state index in [0.717, 1.165) is 60.6 Å². The first-order chi connectivity index (χ1) is 22.4. The predicted octanol–water partition coefficient (Wildman–Crippen LogP) is 10.9. The van der Waals surface area contributed by atoms with E-state index in [-0.39, 0.29) is 5.41 Å². The van der Waals surface area contributed by atoms with Gasteiger partial charge in [-0.2, -0.15) is 10.5 Å². The Morgan fingerprint density at radius 1 is 0.804 bits per heavy atom. The summed E-state index contributed by atoms with van der Waals surface area (Å²) in [6, 6.07) is 35.3. The molecule has 4 heteroatoms. The normalized spacial score (nSPS) is 14.0. The Morgan fingerprint density at radius 3 is 2.43 bits per heavy atom. The first-order valence-electron chi connectivity index (χ1n) is 15.3. The van der Waals surface area contributed by atoms with Crippen LogP contribution in [0.4, 0.5) is 0 Å². The summed E-state index contributed by atoms with van der Waals surface area (Å²) in [5, 5.41) is 24.1. The number of furan rings is 1. The molecule has 0 atom stereocenters. The van der Waals surface area contributed by atoms with Gasteiger partial charge >= 0.3 is 0 Å². The maximum absolute atomic E-state index is 10.4. The van der Waals surface area contributed by atoms with Gasteiger partial charge in [-0.15, -0.1) is 0 Å². The molecule has 0 bridgehead atoms. The molecule has 218 valence electrons. The van der Waals surface area contributed by atoms with E-state index in [9.17, 15) is 10.5 Å². The molecule has 1 aliphatic carbocycles. The van der Waals surface area contributed by atoms with Crippen LogP contribution < -0.4 is 0 Å². The third-order valence-electron chi connectivity index (χ3n) is 9.64. The van der Waals surface area contributed by atoms with Crippen LogP contribution in [0.5, 0.6) is 0 Å². The number of benzene rings is 5. The monoisotopic (exact) mass is 591 g/mol. The summed E-state index contributed by atoms with van der Waals surface area (Å²) in [6.45, 7) is 10.6. The van der Waals surface area contributed by atoms with Crippen molar-refractivity contribution in [3.8, 4) is 29.0 Å². The van der Waals surface area contributed by atoms with Gasteiger partial charge in [-0.1, -0.05) is 75.1 Å². The molecular formula is C42H29N3O. The molecule has 0 fully saturated rings. The van der Waals surface area contributed by atoms with Gasteiger partial charge in [-0.3, -0.25) is 0 Å². The number of rotatable bonds is 4. The highest BCUT2D eigenvalue weighted by Crippen LogP contribution is 2.51. The molecule has 0 N–H and O–H groups in total. The highest BCUT2D eigenvalue weighted by Gasteiger charge is 2.38. The van der Waals surface area contributed by atoms with Gasteiger partial charge in [0.1, 0.15) is 11.2 Å². The smallest absolute Gasteiger partial charge is 0.140 e. The number of para-hydroxylation sites is 1. The van der Waals surface area contributed by atoms with E-state index in [1.54, 1.807) is 0 Å². The van der Waals surface area contributed by atoms with Crippen LogP contribution in [0, 0.1) is 22.7 Å². The molecule has 0 saturated carbocycles. The fourth-order valence-corrected chi connectivity index (χ4v) is 7.60. The number of hydrogen-bond acceptors (Lipinski definition) is 3. The first-order valence-corrected chi connectivity index (χ1v) is 15.3. The molecule has 2 aromatic heterocycles. The average Bonchev–Trinajstić information content (AvgIpc) is 3.67. The van der Waals surface area contributed by atoms with Gasteiger partial charge in [0, 0.05) is 38.1 Å². The summed E-state index contributed by atoms with van der Waals surface area (Å²) >= 11 is 0. The Bertz CT molecular complexity index is 2610. The van der Waals surface area contributed by atoms with E-state index in [4.69, 9.17) is 4.42 Å². The maximum Gasteiger partial charge on any atom is 0.140 e. The number of aromatic nitrogens is 1. The minimum atomic E-state index is -0.238. The van der Waals surface area contributed by atoms with E-state index >= 15 is 0 Å². The van der Waals surface area contributed by atoms with Gasteiger partial charge in [0.2, 0.25) is 0 Å². The predicted molar refractivity (Wildman–Crippen MR) is 188 cm³/mol. The lowest BCUT2D eigenvalue weighted by Gasteiger charge is -2.23. The Hall–Kier alpha value is -6.10. The second-order valence-corrected chi connectivity index (χ2v) is 12.4. The van der Waals surface area contributed by atoms with Crippen molar-refractivity contribution >= 4 is 49.3 Å². The fraction of sp³-hybridized carbons (Fsp3) is 0.0952. The Kier molecular flexibility index (Phi) is 5.94. The van der Waals surface area contributed by atoms with Crippen LogP contribution in [0.2, 0.25) is 0 Å². The molecule has 2 heterocycles. The topological polar surface area (TPSA) is 65.7 Å². The Morgan fingerprint density at radius 2 is 1.63 bits per heavy atom. The van der Waals surface area contributed by atoms with Gasteiger partial charge in [0.15, 0.2) is 0 Å². The third-order valence-corrected chi connectivity index (χ3v) is 9.64. The third kappa shape index (κ3) is 3.71. The van der Waals surface area contributed by atoms with Crippen LogP contribution in [-0.4, -0.2) is 4.57 Å². The van der Waals surface area contributed by atoms with E-state index in [1.807, 2.05) is 60.7 Å². The van der Waals surface area contributed by atoms with Gasteiger partial charge < -0.3 is 8.98 Å². The lowest BCUT2D eigenvalue weighted by atomic mass is 9.80. The van der Waals surface area contributed by atoms with E-state index in [1.165, 1.54) is 22.3 Å². The van der Waals surface area contributed by atoms with Gasteiger partial charge in [-0.05, 0) is 83.8 Å². The molecule has 0 amide bonds. The first kappa shape index (κ1) is 27.4. The Labute approximate surface area is 267 Å². The molecule has 0 unspecified atom stereocenters. The number of allylic oxidation sites excluding steroid dienone is 5. The number of hydrogen-bond donors (Lipinski definition) is 0. The summed E-state index contributed by atoms with van der Waals surface area (Å²) in [5.74, 6) is 0. The van der Waals surface area contributed by atoms with Crippen molar-refractivity contribution in [1.29, 1.82) is 10.5 Å². The second-order valence-electron chi connectivity index (χ2n) is 12.4. The van der Waals surface area contributed by atoms with E-state index in [0.29, 0.717) is 11.1 Å². The Balaban J connectivity index is 1.38. The molecule has 4 nitrogen and oxygen atoms in total. The summed E-state index contributed by atoms with van der Waals surface area (Å²) in [6.07, 6.45) is 5.97. The fourth-order valence-electron chi connectivity index (χ4n) is 7.60. The van der Waals surface area contributed by atoms with Crippen LogP contribution in [0.1, 0.15) is 43.0 Å². The quantitative estimate of drug-likeness (QED) is 0.191. The highest BCUT2D eigenvalue weighted by molar-refractivity contribution is 6.12. The molecule has 0 saturated heterocycles. The summed E-state index contributed by atoms with van der Waals surface area (Å²) in [5.41, 5.74) is 12.3. The molecule has 1 aliphatic rings. The lowest BCUT2D eigenvalue weighted by Crippen LogP contribution is -2.16. The number of nitrogens with zero attached hydrogens (tertiary/aromatic N) is 3. The summed E-state index contributed by atoms with van der Waals surface area (Å²) < 4.78 is 8.86.